The molecule has 0 amide bonds. The Hall–Kier alpha value is -1.06. The second-order valence-electron chi connectivity index (χ2n) is 5.24. The van der Waals surface area contributed by atoms with Gasteiger partial charge in [0.25, 0.3) is 0 Å². The summed E-state index contributed by atoms with van der Waals surface area (Å²) in [6.07, 6.45) is 3.27. The smallest absolute Gasteiger partial charge is 0.315 e. The van der Waals surface area contributed by atoms with Gasteiger partial charge in [-0.3, -0.25) is 4.79 Å². The van der Waals surface area contributed by atoms with E-state index in [1.807, 2.05) is 20.8 Å². The number of carboxylic acid groups (broad SMARTS) is 1. The van der Waals surface area contributed by atoms with Crippen LogP contribution in [0.25, 0.3) is 0 Å². The molecular formula is C11H20N2O2. The van der Waals surface area contributed by atoms with Crippen molar-refractivity contribution in [2.24, 2.45) is 21.8 Å². The van der Waals surface area contributed by atoms with Gasteiger partial charge in [-0.2, -0.15) is 5.10 Å². The SMILES string of the molecule is CC(C)(C)C1(C(=O)O)CCCCC1=NN. The number of hydrogen-bond acceptors (Lipinski definition) is 3. The highest BCUT2D eigenvalue weighted by Crippen LogP contribution is 2.48. The number of hydrazone groups is 1. The number of carbonyl (C=O) groups is 1. The van der Waals surface area contributed by atoms with Crippen molar-refractivity contribution in [3.05, 3.63) is 0 Å². The monoisotopic (exact) mass is 212 g/mol. The molecule has 4 heteroatoms. The summed E-state index contributed by atoms with van der Waals surface area (Å²) in [5, 5.41) is 13.2. The van der Waals surface area contributed by atoms with Crippen LogP contribution < -0.4 is 5.84 Å². The lowest BCUT2D eigenvalue weighted by atomic mass is 9.58. The van der Waals surface area contributed by atoms with Crippen LogP contribution in [0.5, 0.6) is 0 Å². The third-order valence-electron chi connectivity index (χ3n) is 3.51. The van der Waals surface area contributed by atoms with Crippen LogP contribution in [0.4, 0.5) is 0 Å². The summed E-state index contributed by atoms with van der Waals surface area (Å²) >= 11 is 0. The van der Waals surface area contributed by atoms with Crippen LogP contribution in [-0.2, 0) is 4.79 Å². The van der Waals surface area contributed by atoms with Crippen LogP contribution in [0, 0.1) is 10.8 Å². The Morgan fingerprint density at radius 1 is 1.47 bits per heavy atom. The van der Waals surface area contributed by atoms with Gasteiger partial charge in [0.2, 0.25) is 0 Å². The highest BCUT2D eigenvalue weighted by Gasteiger charge is 2.53. The van der Waals surface area contributed by atoms with Crippen molar-refractivity contribution in [2.75, 3.05) is 0 Å². The van der Waals surface area contributed by atoms with Crippen LogP contribution >= 0.6 is 0 Å². The minimum absolute atomic E-state index is 0.350. The molecule has 1 aliphatic carbocycles. The van der Waals surface area contributed by atoms with E-state index in [-0.39, 0.29) is 5.41 Å². The molecule has 1 saturated carbocycles. The fourth-order valence-electron chi connectivity index (χ4n) is 2.57. The molecule has 0 radical (unpaired) electrons. The Bertz CT molecular complexity index is 291. The Morgan fingerprint density at radius 2 is 2.07 bits per heavy atom. The number of nitrogens with two attached hydrogens (primary N) is 1. The van der Waals surface area contributed by atoms with Crippen LogP contribution in [0.3, 0.4) is 0 Å². The highest BCUT2D eigenvalue weighted by molar-refractivity contribution is 6.07. The molecular weight excluding hydrogens is 192 g/mol. The minimum Gasteiger partial charge on any atom is -0.481 e. The van der Waals surface area contributed by atoms with Gasteiger partial charge < -0.3 is 10.9 Å². The molecule has 0 spiro atoms. The Labute approximate surface area is 90.5 Å². The molecule has 0 aromatic heterocycles. The first-order valence-corrected chi connectivity index (χ1v) is 5.37. The number of rotatable bonds is 1. The highest BCUT2D eigenvalue weighted by atomic mass is 16.4. The van der Waals surface area contributed by atoms with E-state index >= 15 is 0 Å². The van der Waals surface area contributed by atoms with E-state index in [0.29, 0.717) is 18.6 Å². The molecule has 3 N–H and O–H groups in total. The van der Waals surface area contributed by atoms with Crippen LogP contribution in [0.1, 0.15) is 46.5 Å². The summed E-state index contributed by atoms with van der Waals surface area (Å²) in [6.45, 7) is 5.83. The van der Waals surface area contributed by atoms with Gasteiger partial charge >= 0.3 is 5.97 Å². The average Bonchev–Trinajstić information content (AvgIpc) is 2.15. The fraction of sp³-hybridized carbons (Fsp3) is 0.818. The van der Waals surface area contributed by atoms with Crippen molar-refractivity contribution in [3.63, 3.8) is 0 Å². The number of nitrogens with zero attached hydrogens (tertiary/aromatic N) is 1. The summed E-state index contributed by atoms with van der Waals surface area (Å²) in [6, 6.07) is 0. The summed E-state index contributed by atoms with van der Waals surface area (Å²) in [4.78, 5) is 11.6. The van der Waals surface area contributed by atoms with E-state index in [1.54, 1.807) is 0 Å². The van der Waals surface area contributed by atoms with Crippen molar-refractivity contribution in [1.29, 1.82) is 0 Å². The summed E-state index contributed by atoms with van der Waals surface area (Å²) in [5.74, 6) is 4.55. The minimum atomic E-state index is -0.875. The molecule has 0 heterocycles. The van der Waals surface area contributed by atoms with Crippen LogP contribution in [0.2, 0.25) is 0 Å². The van der Waals surface area contributed by atoms with Gasteiger partial charge in [0.05, 0.1) is 5.71 Å². The van der Waals surface area contributed by atoms with Crippen molar-refractivity contribution < 1.29 is 9.90 Å². The quantitative estimate of drug-likeness (QED) is 0.515. The van der Waals surface area contributed by atoms with Crippen molar-refractivity contribution in [3.8, 4) is 0 Å². The molecule has 0 bridgehead atoms. The van der Waals surface area contributed by atoms with Gasteiger partial charge in [0, 0.05) is 0 Å². The average molecular weight is 212 g/mol. The predicted molar refractivity (Wildman–Crippen MR) is 59.6 cm³/mol. The van der Waals surface area contributed by atoms with E-state index in [9.17, 15) is 9.90 Å². The first-order valence-electron chi connectivity index (χ1n) is 5.37. The summed E-state index contributed by atoms with van der Waals surface area (Å²) < 4.78 is 0. The molecule has 1 unspecified atom stereocenters. The molecule has 1 fully saturated rings. The van der Waals surface area contributed by atoms with Gasteiger partial charge in [-0.1, -0.05) is 27.2 Å². The van der Waals surface area contributed by atoms with Crippen LogP contribution in [0.15, 0.2) is 5.10 Å². The lowest BCUT2D eigenvalue weighted by molar-refractivity contribution is -0.151. The number of hydrogen-bond donors (Lipinski definition) is 2. The van der Waals surface area contributed by atoms with Gasteiger partial charge in [0.1, 0.15) is 5.41 Å². The standard InChI is InChI=1S/C11H20N2O2/c1-10(2,3)11(9(14)15)7-5-4-6-8(11)13-12/h4-7,12H2,1-3H3,(H,14,15). The first kappa shape index (κ1) is 12.0. The van der Waals surface area contributed by atoms with E-state index in [4.69, 9.17) is 5.84 Å². The third kappa shape index (κ3) is 1.73. The molecule has 0 aromatic rings. The van der Waals surface area contributed by atoms with E-state index in [0.717, 1.165) is 12.8 Å². The Balaban J connectivity index is 3.25. The predicted octanol–water partition coefficient (Wildman–Crippen LogP) is 1.99. The van der Waals surface area contributed by atoms with Crippen molar-refractivity contribution in [2.45, 2.75) is 46.5 Å². The summed E-state index contributed by atoms with van der Waals surface area (Å²) in [5.41, 5.74) is -0.578. The molecule has 4 nitrogen and oxygen atoms in total. The molecule has 0 aromatic carbocycles. The number of aliphatic carboxylic acids is 1. The number of carboxylic acids is 1. The van der Waals surface area contributed by atoms with E-state index in [1.165, 1.54) is 0 Å². The van der Waals surface area contributed by atoms with Gasteiger partial charge in [-0.15, -0.1) is 0 Å². The normalized spacial score (nSPS) is 30.5. The van der Waals surface area contributed by atoms with Gasteiger partial charge in [-0.05, 0) is 24.7 Å². The Kier molecular flexibility index (Phi) is 3.07. The van der Waals surface area contributed by atoms with Crippen molar-refractivity contribution >= 4 is 11.7 Å². The van der Waals surface area contributed by atoms with Gasteiger partial charge in [-0.25, -0.2) is 0 Å². The molecule has 1 aliphatic rings. The zero-order chi connectivity index (χ0) is 11.7. The zero-order valence-electron chi connectivity index (χ0n) is 9.71. The summed E-state index contributed by atoms with van der Waals surface area (Å²) in [7, 11) is 0. The maximum absolute atomic E-state index is 11.6. The third-order valence-corrected chi connectivity index (χ3v) is 3.51. The maximum atomic E-state index is 11.6. The van der Waals surface area contributed by atoms with Crippen molar-refractivity contribution in [1.82, 2.24) is 0 Å². The lowest BCUT2D eigenvalue weighted by Gasteiger charge is -2.44. The molecule has 0 saturated heterocycles. The van der Waals surface area contributed by atoms with Crippen LogP contribution in [-0.4, -0.2) is 16.8 Å². The second kappa shape index (κ2) is 3.83. The first-order chi connectivity index (χ1) is 6.86. The Morgan fingerprint density at radius 3 is 2.40 bits per heavy atom. The molecule has 15 heavy (non-hydrogen) atoms. The topological polar surface area (TPSA) is 75.7 Å². The van der Waals surface area contributed by atoms with Gasteiger partial charge in [0.15, 0.2) is 0 Å². The largest absolute Gasteiger partial charge is 0.481 e. The molecule has 0 aliphatic heterocycles. The molecule has 1 rings (SSSR count). The molecule has 1 atom stereocenters. The lowest BCUT2D eigenvalue weighted by Crippen LogP contribution is -2.51. The van der Waals surface area contributed by atoms with E-state index < -0.39 is 11.4 Å². The maximum Gasteiger partial charge on any atom is 0.315 e. The zero-order valence-corrected chi connectivity index (χ0v) is 9.71. The van der Waals surface area contributed by atoms with E-state index in [2.05, 4.69) is 5.10 Å². The second-order valence-corrected chi connectivity index (χ2v) is 5.24. The molecule has 86 valence electrons. The fourth-order valence-corrected chi connectivity index (χ4v) is 2.57.